The highest BCUT2D eigenvalue weighted by atomic mass is 19.1. The van der Waals surface area contributed by atoms with E-state index in [4.69, 9.17) is 5.11 Å². The number of nitrogens with zero attached hydrogens (tertiary/aromatic N) is 1. The van der Waals surface area contributed by atoms with Gasteiger partial charge in [0.15, 0.2) is 17.4 Å². The van der Waals surface area contributed by atoms with Crippen LogP contribution in [-0.4, -0.2) is 10.1 Å². The van der Waals surface area contributed by atoms with Crippen molar-refractivity contribution in [3.8, 4) is 5.75 Å². The second kappa shape index (κ2) is 2.65. The van der Waals surface area contributed by atoms with Crippen LogP contribution in [0.25, 0.3) is 10.8 Å². The molecule has 1 aromatic carbocycles. The van der Waals surface area contributed by atoms with Crippen LogP contribution in [0.5, 0.6) is 5.75 Å². The summed E-state index contributed by atoms with van der Waals surface area (Å²) in [6.07, 6.45) is 2.24. The Morgan fingerprint density at radius 3 is 2.69 bits per heavy atom. The van der Waals surface area contributed by atoms with Gasteiger partial charge in [-0.05, 0) is 12.1 Å². The van der Waals surface area contributed by atoms with E-state index < -0.39 is 17.4 Å². The molecular formula is C9H5F2NO. The molecule has 0 saturated carbocycles. The Bertz CT molecular complexity index is 470. The van der Waals surface area contributed by atoms with Crippen LogP contribution in [-0.2, 0) is 0 Å². The van der Waals surface area contributed by atoms with Crippen molar-refractivity contribution in [2.24, 2.45) is 0 Å². The summed E-state index contributed by atoms with van der Waals surface area (Å²) in [7, 11) is 0. The third kappa shape index (κ3) is 1.11. The van der Waals surface area contributed by atoms with E-state index in [-0.39, 0.29) is 5.39 Å². The summed E-state index contributed by atoms with van der Waals surface area (Å²) in [5, 5.41) is 9.08. The van der Waals surface area contributed by atoms with Gasteiger partial charge in [0.1, 0.15) is 0 Å². The van der Waals surface area contributed by atoms with Crippen LogP contribution in [0.1, 0.15) is 0 Å². The number of aromatic nitrogens is 1. The summed E-state index contributed by atoms with van der Waals surface area (Å²) >= 11 is 0. The average Bonchev–Trinajstić information content (AvgIpc) is 2.12. The van der Waals surface area contributed by atoms with Crippen molar-refractivity contribution in [3.63, 3.8) is 0 Å². The van der Waals surface area contributed by atoms with Gasteiger partial charge in [-0.3, -0.25) is 4.98 Å². The standard InChI is InChI=1S/C9H5F2NO/c10-6-4-12-3-5-1-2-7(13)9(11)8(5)6/h1-4,13H. The zero-order chi connectivity index (χ0) is 9.42. The fourth-order valence-corrected chi connectivity index (χ4v) is 1.18. The topological polar surface area (TPSA) is 33.1 Å². The van der Waals surface area contributed by atoms with E-state index in [0.29, 0.717) is 5.39 Å². The molecule has 0 bridgehead atoms. The maximum atomic E-state index is 13.1. The van der Waals surface area contributed by atoms with Gasteiger partial charge in [-0.1, -0.05) is 0 Å². The Kier molecular flexibility index (Phi) is 1.62. The van der Waals surface area contributed by atoms with Crippen LogP contribution >= 0.6 is 0 Å². The molecule has 1 N–H and O–H groups in total. The van der Waals surface area contributed by atoms with Gasteiger partial charge in [-0.25, -0.2) is 8.78 Å². The molecular weight excluding hydrogens is 176 g/mol. The lowest BCUT2D eigenvalue weighted by Crippen LogP contribution is -1.87. The van der Waals surface area contributed by atoms with Crippen molar-refractivity contribution in [1.82, 2.24) is 4.98 Å². The highest BCUT2D eigenvalue weighted by Gasteiger charge is 2.10. The highest BCUT2D eigenvalue weighted by molar-refractivity contribution is 5.84. The lowest BCUT2D eigenvalue weighted by atomic mass is 10.1. The van der Waals surface area contributed by atoms with E-state index in [1.54, 1.807) is 0 Å². The summed E-state index contributed by atoms with van der Waals surface area (Å²) in [5.74, 6) is -2.28. The van der Waals surface area contributed by atoms with Gasteiger partial charge >= 0.3 is 0 Å². The summed E-state index contributed by atoms with van der Waals surface area (Å²) in [6.45, 7) is 0. The Morgan fingerprint density at radius 2 is 1.92 bits per heavy atom. The number of hydrogen-bond donors (Lipinski definition) is 1. The molecule has 0 radical (unpaired) electrons. The number of rotatable bonds is 0. The Hall–Kier alpha value is -1.71. The van der Waals surface area contributed by atoms with E-state index in [9.17, 15) is 8.78 Å². The third-order valence-corrected chi connectivity index (χ3v) is 1.79. The molecule has 1 heterocycles. The maximum Gasteiger partial charge on any atom is 0.175 e. The maximum absolute atomic E-state index is 13.1. The zero-order valence-corrected chi connectivity index (χ0v) is 6.46. The summed E-state index contributed by atoms with van der Waals surface area (Å²) in [6, 6.07) is 2.57. The molecule has 0 aliphatic rings. The molecule has 0 aliphatic heterocycles. The van der Waals surface area contributed by atoms with E-state index in [0.717, 1.165) is 6.20 Å². The van der Waals surface area contributed by atoms with Gasteiger partial charge in [0.05, 0.1) is 11.6 Å². The van der Waals surface area contributed by atoms with Gasteiger partial charge in [-0.2, -0.15) is 0 Å². The van der Waals surface area contributed by atoms with E-state index in [2.05, 4.69) is 4.98 Å². The van der Waals surface area contributed by atoms with E-state index in [1.165, 1.54) is 18.3 Å². The Balaban J connectivity index is 2.97. The SMILES string of the molecule is Oc1ccc2cncc(F)c2c1F. The van der Waals surface area contributed by atoms with E-state index in [1.807, 2.05) is 0 Å². The molecule has 1 aromatic heterocycles. The average molecular weight is 181 g/mol. The predicted molar refractivity (Wildman–Crippen MR) is 43.3 cm³/mol. The van der Waals surface area contributed by atoms with Crippen molar-refractivity contribution in [1.29, 1.82) is 0 Å². The molecule has 0 atom stereocenters. The number of benzene rings is 1. The van der Waals surface area contributed by atoms with Crippen molar-refractivity contribution >= 4 is 10.8 Å². The van der Waals surface area contributed by atoms with Crippen LogP contribution in [0, 0.1) is 11.6 Å². The first-order valence-corrected chi connectivity index (χ1v) is 3.61. The van der Waals surface area contributed by atoms with Crippen LogP contribution in [0.3, 0.4) is 0 Å². The summed E-state index contributed by atoms with van der Waals surface area (Å²) < 4.78 is 26.2. The number of halogens is 2. The second-order valence-corrected chi connectivity index (χ2v) is 2.62. The first-order valence-electron chi connectivity index (χ1n) is 3.61. The summed E-state index contributed by atoms with van der Waals surface area (Å²) in [4.78, 5) is 3.56. The minimum Gasteiger partial charge on any atom is -0.505 e. The normalized spacial score (nSPS) is 10.6. The number of fused-ring (bicyclic) bond motifs is 1. The first-order chi connectivity index (χ1) is 6.20. The number of pyridine rings is 1. The molecule has 2 rings (SSSR count). The third-order valence-electron chi connectivity index (χ3n) is 1.79. The molecule has 0 fully saturated rings. The van der Waals surface area contributed by atoms with E-state index >= 15 is 0 Å². The first kappa shape index (κ1) is 7.91. The fourth-order valence-electron chi connectivity index (χ4n) is 1.18. The molecule has 13 heavy (non-hydrogen) atoms. The molecule has 0 spiro atoms. The Labute approximate surface area is 72.5 Å². The van der Waals surface area contributed by atoms with Crippen LogP contribution in [0.2, 0.25) is 0 Å². The highest BCUT2D eigenvalue weighted by Crippen LogP contribution is 2.26. The Morgan fingerprint density at radius 1 is 1.15 bits per heavy atom. The van der Waals surface area contributed by atoms with Crippen molar-refractivity contribution in [2.75, 3.05) is 0 Å². The largest absolute Gasteiger partial charge is 0.505 e. The number of aromatic hydroxyl groups is 1. The summed E-state index contributed by atoms with van der Waals surface area (Å²) in [5.41, 5.74) is 0. The lowest BCUT2D eigenvalue weighted by Gasteiger charge is -2.01. The molecule has 2 nitrogen and oxygen atoms in total. The fraction of sp³-hybridized carbons (Fsp3) is 0. The second-order valence-electron chi connectivity index (χ2n) is 2.62. The molecule has 0 saturated heterocycles. The van der Waals surface area contributed by atoms with Gasteiger partial charge in [-0.15, -0.1) is 0 Å². The minimum absolute atomic E-state index is 0.227. The minimum atomic E-state index is -0.947. The molecule has 0 unspecified atom stereocenters. The monoisotopic (exact) mass is 181 g/mol. The molecule has 0 aliphatic carbocycles. The number of phenols is 1. The molecule has 2 aromatic rings. The van der Waals surface area contributed by atoms with Crippen LogP contribution in [0.4, 0.5) is 8.78 Å². The van der Waals surface area contributed by atoms with Gasteiger partial charge < -0.3 is 5.11 Å². The molecule has 0 amide bonds. The predicted octanol–water partition coefficient (Wildman–Crippen LogP) is 2.22. The number of phenolic OH excluding ortho intramolecular Hbond substituents is 1. The van der Waals surface area contributed by atoms with Crippen LogP contribution in [0.15, 0.2) is 24.5 Å². The van der Waals surface area contributed by atoms with Gasteiger partial charge in [0.25, 0.3) is 0 Å². The number of hydrogen-bond acceptors (Lipinski definition) is 2. The van der Waals surface area contributed by atoms with Crippen LogP contribution < -0.4 is 0 Å². The quantitative estimate of drug-likeness (QED) is 0.675. The van der Waals surface area contributed by atoms with Crippen molar-refractivity contribution in [3.05, 3.63) is 36.2 Å². The van der Waals surface area contributed by atoms with Gasteiger partial charge in [0.2, 0.25) is 0 Å². The smallest absolute Gasteiger partial charge is 0.175 e. The molecule has 66 valence electrons. The van der Waals surface area contributed by atoms with Gasteiger partial charge in [0, 0.05) is 11.6 Å². The lowest BCUT2D eigenvalue weighted by molar-refractivity contribution is 0.434. The zero-order valence-electron chi connectivity index (χ0n) is 6.46. The van der Waals surface area contributed by atoms with Crippen molar-refractivity contribution < 1.29 is 13.9 Å². The molecule has 4 heteroatoms. The van der Waals surface area contributed by atoms with Crippen molar-refractivity contribution in [2.45, 2.75) is 0 Å².